The number of halogens is 2. The first-order valence-electron chi connectivity index (χ1n) is 7.54. The van der Waals surface area contributed by atoms with Crippen LogP contribution in [0.1, 0.15) is 18.1 Å². The SMILES string of the molecule is C[C@H](OC(=O)/C=C/c1ccc(C#N)cc1)C(=O)Nc1c(Cl)cccc1Cl. The van der Waals surface area contributed by atoms with Gasteiger partial charge in [-0.1, -0.05) is 41.4 Å². The van der Waals surface area contributed by atoms with E-state index < -0.39 is 18.0 Å². The van der Waals surface area contributed by atoms with E-state index in [4.69, 9.17) is 33.2 Å². The first-order chi connectivity index (χ1) is 12.4. The van der Waals surface area contributed by atoms with Crippen LogP contribution in [0.4, 0.5) is 5.69 Å². The molecule has 26 heavy (non-hydrogen) atoms. The number of rotatable bonds is 5. The Morgan fingerprint density at radius 2 is 1.77 bits per heavy atom. The van der Waals surface area contributed by atoms with Crippen LogP contribution in [-0.4, -0.2) is 18.0 Å². The highest BCUT2D eigenvalue weighted by atomic mass is 35.5. The van der Waals surface area contributed by atoms with Crippen LogP contribution in [-0.2, 0) is 14.3 Å². The zero-order valence-corrected chi connectivity index (χ0v) is 15.2. The van der Waals surface area contributed by atoms with Gasteiger partial charge in [0.25, 0.3) is 5.91 Å². The number of hydrogen-bond acceptors (Lipinski definition) is 4. The summed E-state index contributed by atoms with van der Waals surface area (Å²) in [6.45, 7) is 1.44. The van der Waals surface area contributed by atoms with Gasteiger partial charge in [0, 0.05) is 6.08 Å². The van der Waals surface area contributed by atoms with Gasteiger partial charge in [-0.05, 0) is 42.8 Å². The molecular formula is C19H14Cl2N2O3. The van der Waals surface area contributed by atoms with Crippen LogP contribution in [0.5, 0.6) is 0 Å². The van der Waals surface area contributed by atoms with E-state index in [2.05, 4.69) is 5.32 Å². The van der Waals surface area contributed by atoms with Crippen LogP contribution in [0.3, 0.4) is 0 Å². The zero-order chi connectivity index (χ0) is 19.1. The van der Waals surface area contributed by atoms with Gasteiger partial charge in [0.05, 0.1) is 27.4 Å². The minimum absolute atomic E-state index is 0.261. The van der Waals surface area contributed by atoms with E-state index in [0.717, 1.165) is 5.56 Å². The number of esters is 1. The van der Waals surface area contributed by atoms with Crippen molar-refractivity contribution >= 4 is 46.8 Å². The van der Waals surface area contributed by atoms with E-state index in [9.17, 15) is 9.59 Å². The predicted octanol–water partition coefficient (Wildman–Crippen LogP) is 4.45. The molecule has 7 heteroatoms. The van der Waals surface area contributed by atoms with Crippen molar-refractivity contribution in [3.63, 3.8) is 0 Å². The van der Waals surface area contributed by atoms with E-state index in [1.165, 1.54) is 19.1 Å². The normalized spacial score (nSPS) is 11.6. The van der Waals surface area contributed by atoms with Gasteiger partial charge in [-0.25, -0.2) is 4.79 Å². The Bertz CT molecular complexity index is 866. The Morgan fingerprint density at radius 1 is 1.15 bits per heavy atom. The molecule has 0 heterocycles. The third-order valence-corrected chi connectivity index (χ3v) is 3.95. The van der Waals surface area contributed by atoms with E-state index in [0.29, 0.717) is 5.56 Å². The summed E-state index contributed by atoms with van der Waals surface area (Å²) in [5.74, 6) is -1.23. The van der Waals surface area contributed by atoms with Gasteiger partial charge in [0.1, 0.15) is 0 Å². The molecule has 1 atom stereocenters. The van der Waals surface area contributed by atoms with E-state index in [1.54, 1.807) is 42.5 Å². The molecule has 0 aliphatic rings. The number of anilines is 1. The van der Waals surface area contributed by atoms with Gasteiger partial charge >= 0.3 is 5.97 Å². The second kappa shape index (κ2) is 9.04. The summed E-state index contributed by atoms with van der Waals surface area (Å²) in [6.07, 6.45) is 1.69. The summed E-state index contributed by atoms with van der Waals surface area (Å²) >= 11 is 12.0. The molecule has 5 nitrogen and oxygen atoms in total. The van der Waals surface area contributed by atoms with E-state index >= 15 is 0 Å². The Kier molecular flexibility index (Phi) is 6.79. The van der Waals surface area contributed by atoms with E-state index in [1.807, 2.05) is 6.07 Å². The van der Waals surface area contributed by atoms with Gasteiger partial charge in [0.2, 0.25) is 0 Å². The first-order valence-corrected chi connectivity index (χ1v) is 8.30. The second-order valence-electron chi connectivity index (χ2n) is 5.23. The van der Waals surface area contributed by atoms with Crippen molar-refractivity contribution in [2.45, 2.75) is 13.0 Å². The Balaban J connectivity index is 1.94. The molecular weight excluding hydrogens is 375 g/mol. The number of nitrogens with one attached hydrogen (secondary N) is 1. The topological polar surface area (TPSA) is 79.2 Å². The predicted molar refractivity (Wildman–Crippen MR) is 101 cm³/mol. The molecule has 2 rings (SSSR count). The van der Waals surface area contributed by atoms with Crippen LogP contribution in [0.15, 0.2) is 48.5 Å². The fraction of sp³-hybridized carbons (Fsp3) is 0.105. The van der Waals surface area contributed by atoms with Crippen molar-refractivity contribution in [2.24, 2.45) is 0 Å². The molecule has 0 radical (unpaired) electrons. The number of ether oxygens (including phenoxy) is 1. The van der Waals surface area contributed by atoms with Gasteiger partial charge in [-0.3, -0.25) is 4.79 Å². The molecule has 2 aromatic rings. The number of amides is 1. The highest BCUT2D eigenvalue weighted by molar-refractivity contribution is 6.39. The van der Waals surface area contributed by atoms with Gasteiger partial charge in [-0.2, -0.15) is 5.26 Å². The van der Waals surface area contributed by atoms with Gasteiger partial charge in [-0.15, -0.1) is 0 Å². The fourth-order valence-electron chi connectivity index (χ4n) is 1.94. The summed E-state index contributed by atoms with van der Waals surface area (Å²) in [5.41, 5.74) is 1.51. The maximum Gasteiger partial charge on any atom is 0.331 e. The molecule has 0 fully saturated rings. The molecule has 0 spiro atoms. The first kappa shape index (κ1) is 19.5. The summed E-state index contributed by atoms with van der Waals surface area (Å²) < 4.78 is 5.05. The monoisotopic (exact) mass is 388 g/mol. The Morgan fingerprint density at radius 3 is 2.35 bits per heavy atom. The molecule has 1 N–H and O–H groups in total. The number of carbonyl (C=O) groups excluding carboxylic acids is 2. The van der Waals surface area contributed by atoms with Crippen LogP contribution < -0.4 is 5.32 Å². The Hall–Kier alpha value is -2.81. The molecule has 0 aromatic heterocycles. The maximum atomic E-state index is 12.1. The third-order valence-electron chi connectivity index (χ3n) is 3.32. The van der Waals surface area contributed by atoms with Crippen molar-refractivity contribution in [2.75, 3.05) is 5.32 Å². The molecule has 0 aliphatic heterocycles. The largest absolute Gasteiger partial charge is 0.449 e. The summed E-state index contributed by atoms with van der Waals surface area (Å²) in [4.78, 5) is 24.0. The minimum Gasteiger partial charge on any atom is -0.449 e. The van der Waals surface area contributed by atoms with E-state index in [-0.39, 0.29) is 15.7 Å². The van der Waals surface area contributed by atoms with Crippen LogP contribution in [0.25, 0.3) is 6.08 Å². The lowest BCUT2D eigenvalue weighted by Gasteiger charge is -2.14. The van der Waals surface area contributed by atoms with Crippen molar-refractivity contribution in [1.82, 2.24) is 0 Å². The van der Waals surface area contributed by atoms with Crippen molar-refractivity contribution in [1.29, 1.82) is 5.26 Å². The molecule has 1 amide bonds. The lowest BCUT2D eigenvalue weighted by molar-refractivity contribution is -0.148. The molecule has 0 aliphatic carbocycles. The number of benzene rings is 2. The van der Waals surface area contributed by atoms with Crippen molar-refractivity contribution in [3.8, 4) is 6.07 Å². The molecule has 132 valence electrons. The molecule has 0 saturated carbocycles. The number of nitriles is 1. The molecule has 0 unspecified atom stereocenters. The van der Waals surface area contributed by atoms with Crippen LogP contribution >= 0.6 is 23.2 Å². The standard InChI is InChI=1S/C19H14Cl2N2O3/c1-12(19(25)23-18-15(20)3-2-4-16(18)21)26-17(24)10-9-13-5-7-14(11-22)8-6-13/h2-10,12H,1H3,(H,23,25)/b10-9+/t12-/m0/s1. The number of hydrogen-bond donors (Lipinski definition) is 1. The van der Waals surface area contributed by atoms with Crippen molar-refractivity contribution in [3.05, 3.63) is 69.7 Å². The highest BCUT2D eigenvalue weighted by Gasteiger charge is 2.18. The van der Waals surface area contributed by atoms with Crippen LogP contribution in [0.2, 0.25) is 10.0 Å². The third kappa shape index (κ3) is 5.35. The minimum atomic E-state index is -1.04. The zero-order valence-electron chi connectivity index (χ0n) is 13.7. The molecule has 0 saturated heterocycles. The summed E-state index contributed by atoms with van der Waals surface area (Å²) in [7, 11) is 0. The molecule has 2 aromatic carbocycles. The number of nitrogens with zero attached hydrogens (tertiary/aromatic N) is 1. The summed E-state index contributed by atoms with van der Waals surface area (Å²) in [5, 5.41) is 11.8. The summed E-state index contributed by atoms with van der Waals surface area (Å²) in [6, 6.07) is 13.5. The second-order valence-corrected chi connectivity index (χ2v) is 6.05. The highest BCUT2D eigenvalue weighted by Crippen LogP contribution is 2.29. The smallest absolute Gasteiger partial charge is 0.331 e. The van der Waals surface area contributed by atoms with Gasteiger partial charge in [0.15, 0.2) is 6.10 Å². The van der Waals surface area contributed by atoms with Gasteiger partial charge < -0.3 is 10.1 Å². The fourth-order valence-corrected chi connectivity index (χ4v) is 2.43. The molecule has 0 bridgehead atoms. The average molecular weight is 389 g/mol. The Labute approximate surface area is 160 Å². The lowest BCUT2D eigenvalue weighted by Crippen LogP contribution is -2.29. The average Bonchev–Trinajstić information content (AvgIpc) is 2.63. The van der Waals surface area contributed by atoms with Crippen LogP contribution in [0, 0.1) is 11.3 Å². The lowest BCUT2D eigenvalue weighted by atomic mass is 10.1. The van der Waals surface area contributed by atoms with Crippen molar-refractivity contribution < 1.29 is 14.3 Å². The number of para-hydroxylation sites is 1. The maximum absolute atomic E-state index is 12.1. The number of carbonyl (C=O) groups is 2. The quantitative estimate of drug-likeness (QED) is 0.605.